The van der Waals surface area contributed by atoms with Crippen LogP contribution in [0, 0.1) is 24.7 Å². The van der Waals surface area contributed by atoms with Crippen molar-refractivity contribution >= 4 is 35.0 Å². The van der Waals surface area contributed by atoms with Gasteiger partial charge in [-0.1, -0.05) is 17.9 Å². The zero-order valence-electron chi connectivity index (χ0n) is 18.9. The monoisotopic (exact) mass is 475 g/mol. The molecule has 0 saturated carbocycles. The molecular formula is C26H25N3O4S. The first-order chi connectivity index (χ1) is 16.4. The van der Waals surface area contributed by atoms with Gasteiger partial charge in [-0.05, 0) is 54.8 Å². The molecule has 1 unspecified atom stereocenters. The number of rotatable bonds is 2. The molecule has 0 spiro atoms. The summed E-state index contributed by atoms with van der Waals surface area (Å²) in [4.78, 5) is 52.9. The Bertz CT molecular complexity index is 1250. The van der Waals surface area contributed by atoms with Crippen molar-refractivity contribution in [3.05, 3.63) is 56.8 Å². The third-order valence-electron chi connectivity index (χ3n) is 6.86. The van der Waals surface area contributed by atoms with Crippen LogP contribution in [0.4, 0.5) is 0 Å². The molecule has 2 fully saturated rings. The molecule has 4 amide bonds. The van der Waals surface area contributed by atoms with E-state index in [2.05, 4.69) is 17.2 Å². The molecule has 4 heterocycles. The van der Waals surface area contributed by atoms with Crippen LogP contribution in [0.2, 0.25) is 0 Å². The van der Waals surface area contributed by atoms with E-state index in [1.54, 1.807) is 22.3 Å². The average molecular weight is 476 g/mol. The molecule has 7 nitrogen and oxygen atoms in total. The van der Waals surface area contributed by atoms with E-state index < -0.39 is 11.9 Å². The lowest BCUT2D eigenvalue weighted by Gasteiger charge is -2.30. The van der Waals surface area contributed by atoms with Crippen molar-refractivity contribution in [2.75, 3.05) is 13.1 Å². The van der Waals surface area contributed by atoms with Gasteiger partial charge in [0.05, 0.1) is 5.56 Å². The normalized spacial score (nSPS) is 20.6. The van der Waals surface area contributed by atoms with Crippen molar-refractivity contribution in [2.24, 2.45) is 5.92 Å². The highest BCUT2D eigenvalue weighted by Crippen LogP contribution is 2.30. The minimum atomic E-state index is -0.632. The number of hydrogen-bond donors (Lipinski definition) is 1. The number of benzene rings is 1. The Morgan fingerprint density at radius 3 is 2.62 bits per heavy atom. The maximum Gasteiger partial charge on any atom is 0.255 e. The summed E-state index contributed by atoms with van der Waals surface area (Å²) < 4.78 is 0. The van der Waals surface area contributed by atoms with E-state index in [0.717, 1.165) is 35.1 Å². The van der Waals surface area contributed by atoms with Crippen molar-refractivity contribution in [2.45, 2.75) is 45.2 Å². The number of nitrogens with zero attached hydrogens (tertiary/aromatic N) is 2. The van der Waals surface area contributed by atoms with Crippen LogP contribution in [0.3, 0.4) is 0 Å². The molecule has 3 aliphatic heterocycles. The number of hydrogen-bond acceptors (Lipinski definition) is 5. The highest BCUT2D eigenvalue weighted by molar-refractivity contribution is 7.08. The summed E-state index contributed by atoms with van der Waals surface area (Å²) in [6.45, 7) is 3.65. The molecule has 5 rings (SSSR count). The first-order valence-corrected chi connectivity index (χ1v) is 12.5. The molecule has 2 aromatic rings. The first kappa shape index (κ1) is 22.4. The third-order valence-corrected chi connectivity index (χ3v) is 7.72. The lowest BCUT2D eigenvalue weighted by molar-refractivity contribution is -0.136. The summed E-state index contributed by atoms with van der Waals surface area (Å²) in [6.07, 6.45) is 2.21. The zero-order chi connectivity index (χ0) is 23.8. The zero-order valence-corrected chi connectivity index (χ0v) is 19.7. The van der Waals surface area contributed by atoms with Gasteiger partial charge in [-0.3, -0.25) is 24.5 Å². The van der Waals surface area contributed by atoms with Gasteiger partial charge < -0.3 is 9.80 Å². The molecule has 34 heavy (non-hydrogen) atoms. The predicted molar refractivity (Wildman–Crippen MR) is 127 cm³/mol. The van der Waals surface area contributed by atoms with Crippen LogP contribution in [0.5, 0.6) is 0 Å². The lowest BCUT2D eigenvalue weighted by atomic mass is 9.95. The highest BCUT2D eigenvalue weighted by Gasteiger charge is 2.39. The molecule has 8 heteroatoms. The standard InChI is InChI=1S/C26H25N3O4S/c1-16-14-34-15-21(16)25(32)28-11-9-17(10-12-28)5-6-18-3-2-4-19-20(18)13-29(26(19)33)22-7-8-23(30)27-24(22)31/h2-4,14-15,17,22H,7-13H2,1H3,(H,27,30,31). The van der Waals surface area contributed by atoms with E-state index in [9.17, 15) is 19.2 Å². The highest BCUT2D eigenvalue weighted by atomic mass is 32.1. The number of imide groups is 1. The average Bonchev–Trinajstić information content (AvgIpc) is 3.41. The molecule has 1 aromatic carbocycles. The number of nitrogens with one attached hydrogen (secondary N) is 1. The number of piperidine rings is 2. The van der Waals surface area contributed by atoms with Gasteiger partial charge in [-0.15, -0.1) is 0 Å². The summed E-state index contributed by atoms with van der Waals surface area (Å²) in [5, 5.41) is 6.24. The second kappa shape index (κ2) is 9.07. The van der Waals surface area contributed by atoms with Crippen LogP contribution >= 0.6 is 11.3 Å². The molecule has 0 aliphatic carbocycles. The van der Waals surface area contributed by atoms with Crippen LogP contribution in [-0.2, 0) is 16.1 Å². The number of fused-ring (bicyclic) bond motifs is 1. The van der Waals surface area contributed by atoms with E-state index in [0.29, 0.717) is 31.6 Å². The van der Waals surface area contributed by atoms with Crippen molar-refractivity contribution in [1.29, 1.82) is 0 Å². The number of likely N-dealkylation sites (tertiary alicyclic amines) is 1. The van der Waals surface area contributed by atoms with Crippen LogP contribution in [-0.4, -0.2) is 52.6 Å². The van der Waals surface area contributed by atoms with Crippen molar-refractivity contribution in [3.8, 4) is 11.8 Å². The molecule has 0 radical (unpaired) electrons. The van der Waals surface area contributed by atoms with Gasteiger partial charge in [0.15, 0.2) is 0 Å². The molecular weight excluding hydrogens is 450 g/mol. The second-order valence-corrected chi connectivity index (χ2v) is 9.78. The molecule has 2 saturated heterocycles. The Hall–Kier alpha value is -3.44. The van der Waals surface area contributed by atoms with E-state index >= 15 is 0 Å². The van der Waals surface area contributed by atoms with Gasteiger partial charge in [-0.2, -0.15) is 11.3 Å². The molecule has 1 atom stereocenters. The minimum absolute atomic E-state index is 0.0955. The fraction of sp³-hybridized carbons (Fsp3) is 0.385. The fourth-order valence-corrected chi connectivity index (χ4v) is 5.68. The molecule has 0 bridgehead atoms. The van der Waals surface area contributed by atoms with E-state index in [4.69, 9.17) is 0 Å². The maximum atomic E-state index is 13.0. The van der Waals surface area contributed by atoms with Crippen molar-refractivity contribution in [3.63, 3.8) is 0 Å². The van der Waals surface area contributed by atoms with Gasteiger partial charge in [0.25, 0.3) is 11.8 Å². The Morgan fingerprint density at radius 1 is 1.12 bits per heavy atom. The van der Waals surface area contributed by atoms with Crippen LogP contribution in [0.15, 0.2) is 29.0 Å². The number of thiophene rings is 1. The Balaban J connectivity index is 1.26. The molecule has 3 aliphatic rings. The smallest absolute Gasteiger partial charge is 0.255 e. The summed E-state index contributed by atoms with van der Waals surface area (Å²) in [6, 6.07) is 4.86. The Kier molecular flexibility index (Phi) is 5.96. The topological polar surface area (TPSA) is 86.8 Å². The number of carbonyl (C=O) groups excluding carboxylic acids is 4. The van der Waals surface area contributed by atoms with E-state index in [-0.39, 0.29) is 30.1 Å². The summed E-state index contributed by atoms with van der Waals surface area (Å²) in [5.74, 6) is 6.01. The van der Waals surface area contributed by atoms with Crippen LogP contribution < -0.4 is 5.32 Å². The van der Waals surface area contributed by atoms with Gasteiger partial charge in [0.1, 0.15) is 6.04 Å². The quantitative estimate of drug-likeness (QED) is 0.535. The van der Waals surface area contributed by atoms with Gasteiger partial charge in [0, 0.05) is 48.5 Å². The third kappa shape index (κ3) is 4.12. The largest absolute Gasteiger partial charge is 0.339 e. The number of aryl methyl sites for hydroxylation is 1. The van der Waals surface area contributed by atoms with Crippen LogP contribution in [0.25, 0.3) is 0 Å². The predicted octanol–water partition coefficient (Wildman–Crippen LogP) is 2.72. The van der Waals surface area contributed by atoms with Crippen LogP contribution in [0.1, 0.15) is 63.1 Å². The van der Waals surface area contributed by atoms with Gasteiger partial charge in [-0.25, -0.2) is 0 Å². The summed E-state index contributed by atoms with van der Waals surface area (Å²) >= 11 is 1.55. The SMILES string of the molecule is Cc1cscc1C(=O)N1CCC(C#Cc2cccc3c2CN(C2CCC(=O)NC2=O)C3=O)CC1. The van der Waals surface area contributed by atoms with E-state index in [1.165, 1.54) is 0 Å². The van der Waals surface area contributed by atoms with Gasteiger partial charge in [0.2, 0.25) is 11.8 Å². The number of amides is 4. The second-order valence-electron chi connectivity index (χ2n) is 9.04. The Labute approximate surface area is 202 Å². The minimum Gasteiger partial charge on any atom is -0.339 e. The van der Waals surface area contributed by atoms with Gasteiger partial charge >= 0.3 is 0 Å². The first-order valence-electron chi connectivity index (χ1n) is 11.5. The summed E-state index contributed by atoms with van der Waals surface area (Å²) in [5.41, 5.74) is 4.02. The maximum absolute atomic E-state index is 13.0. The number of carbonyl (C=O) groups is 4. The van der Waals surface area contributed by atoms with Crippen molar-refractivity contribution in [1.82, 2.24) is 15.1 Å². The fourth-order valence-electron chi connectivity index (χ4n) is 4.86. The summed E-state index contributed by atoms with van der Waals surface area (Å²) in [7, 11) is 0. The lowest BCUT2D eigenvalue weighted by Crippen LogP contribution is -2.52. The van der Waals surface area contributed by atoms with E-state index in [1.807, 2.05) is 34.7 Å². The molecule has 1 aromatic heterocycles. The van der Waals surface area contributed by atoms with Crippen molar-refractivity contribution < 1.29 is 19.2 Å². The molecule has 174 valence electrons. The molecule has 1 N–H and O–H groups in total. The Morgan fingerprint density at radius 2 is 1.91 bits per heavy atom.